The van der Waals surface area contributed by atoms with Gasteiger partial charge in [0.1, 0.15) is 22.1 Å². The SMILES string of the molecule is COC(=O)C1(NCc2c(OC)cc(O)c(Cl)c2F)CC1. The van der Waals surface area contributed by atoms with Crippen LogP contribution in [0.5, 0.6) is 11.5 Å². The van der Waals surface area contributed by atoms with E-state index in [9.17, 15) is 14.3 Å². The third kappa shape index (κ3) is 2.53. The number of carbonyl (C=O) groups is 1. The predicted molar refractivity (Wildman–Crippen MR) is 70.4 cm³/mol. The van der Waals surface area contributed by atoms with Crippen molar-refractivity contribution >= 4 is 17.6 Å². The highest BCUT2D eigenvalue weighted by molar-refractivity contribution is 6.32. The molecule has 1 aliphatic rings. The van der Waals surface area contributed by atoms with Gasteiger partial charge in [-0.1, -0.05) is 11.6 Å². The molecule has 1 aliphatic carbocycles. The fourth-order valence-electron chi connectivity index (χ4n) is 2.01. The van der Waals surface area contributed by atoms with Gasteiger partial charge in [0.05, 0.1) is 14.2 Å². The number of rotatable bonds is 5. The van der Waals surface area contributed by atoms with E-state index in [0.717, 1.165) is 0 Å². The first-order valence-electron chi connectivity index (χ1n) is 6.02. The molecule has 110 valence electrons. The van der Waals surface area contributed by atoms with Crippen LogP contribution in [0.2, 0.25) is 5.02 Å². The number of aromatic hydroxyl groups is 1. The fourth-order valence-corrected chi connectivity index (χ4v) is 2.17. The Morgan fingerprint density at radius 1 is 1.55 bits per heavy atom. The molecule has 2 N–H and O–H groups in total. The van der Waals surface area contributed by atoms with Crippen LogP contribution in [-0.2, 0) is 16.1 Å². The number of ether oxygens (including phenoxy) is 2. The lowest BCUT2D eigenvalue weighted by molar-refractivity contribution is -0.144. The van der Waals surface area contributed by atoms with Crippen molar-refractivity contribution in [3.05, 3.63) is 22.5 Å². The second-order valence-electron chi connectivity index (χ2n) is 4.63. The Hall–Kier alpha value is -1.53. The summed E-state index contributed by atoms with van der Waals surface area (Å²) in [6.45, 7) is 0.0457. The number of phenolic OH excluding ortho intramolecular Hbond substituents is 1. The van der Waals surface area contributed by atoms with Crippen molar-refractivity contribution in [2.24, 2.45) is 0 Å². The molecule has 1 saturated carbocycles. The van der Waals surface area contributed by atoms with Crippen molar-refractivity contribution in [2.45, 2.75) is 24.9 Å². The molecule has 0 amide bonds. The monoisotopic (exact) mass is 303 g/mol. The highest BCUT2D eigenvalue weighted by Crippen LogP contribution is 2.39. The van der Waals surface area contributed by atoms with Crippen LogP contribution in [-0.4, -0.2) is 30.8 Å². The van der Waals surface area contributed by atoms with Crippen molar-refractivity contribution in [1.82, 2.24) is 5.32 Å². The summed E-state index contributed by atoms with van der Waals surface area (Å²) in [6, 6.07) is 1.24. The fraction of sp³-hybridized carbons (Fsp3) is 0.462. The molecule has 5 nitrogen and oxygen atoms in total. The lowest BCUT2D eigenvalue weighted by atomic mass is 10.1. The van der Waals surface area contributed by atoms with Crippen LogP contribution in [0.3, 0.4) is 0 Å². The van der Waals surface area contributed by atoms with Gasteiger partial charge in [0.2, 0.25) is 0 Å². The number of methoxy groups -OCH3 is 2. The van der Waals surface area contributed by atoms with Crippen LogP contribution in [0.1, 0.15) is 18.4 Å². The number of nitrogens with one attached hydrogen (secondary N) is 1. The number of esters is 1. The number of carbonyl (C=O) groups excluding carboxylic acids is 1. The standard InChI is InChI=1S/C13H15ClFNO4/c1-19-9-5-8(17)10(14)11(15)7(9)6-16-13(3-4-13)12(18)20-2/h5,16-17H,3-4,6H2,1-2H3. The van der Waals surface area contributed by atoms with E-state index in [1.54, 1.807) is 0 Å². The van der Waals surface area contributed by atoms with Gasteiger partial charge in [-0.25, -0.2) is 4.39 Å². The van der Waals surface area contributed by atoms with Gasteiger partial charge >= 0.3 is 5.97 Å². The van der Waals surface area contributed by atoms with Gasteiger partial charge in [0, 0.05) is 18.2 Å². The normalized spacial score (nSPS) is 15.8. The van der Waals surface area contributed by atoms with E-state index >= 15 is 0 Å². The first-order valence-corrected chi connectivity index (χ1v) is 6.40. The molecule has 0 saturated heterocycles. The summed E-state index contributed by atoms with van der Waals surface area (Å²) in [5.74, 6) is -1.37. The van der Waals surface area contributed by atoms with Gasteiger partial charge in [-0.05, 0) is 12.8 Å². The molecule has 2 rings (SSSR count). The Morgan fingerprint density at radius 3 is 2.70 bits per heavy atom. The average Bonchev–Trinajstić information content (AvgIpc) is 3.23. The maximum absolute atomic E-state index is 14.1. The maximum Gasteiger partial charge on any atom is 0.326 e. The number of hydrogen-bond donors (Lipinski definition) is 2. The van der Waals surface area contributed by atoms with Crippen LogP contribution in [0.15, 0.2) is 6.07 Å². The van der Waals surface area contributed by atoms with Crippen LogP contribution in [0.4, 0.5) is 4.39 Å². The van der Waals surface area contributed by atoms with Crippen LogP contribution >= 0.6 is 11.6 Å². The van der Waals surface area contributed by atoms with E-state index in [-0.39, 0.29) is 34.6 Å². The average molecular weight is 304 g/mol. The Bertz CT molecular complexity index is 546. The molecule has 0 aromatic heterocycles. The van der Waals surface area contributed by atoms with E-state index in [0.29, 0.717) is 12.8 Å². The number of hydrogen-bond acceptors (Lipinski definition) is 5. The summed E-state index contributed by atoms with van der Waals surface area (Å²) in [7, 11) is 2.67. The van der Waals surface area contributed by atoms with E-state index in [1.165, 1.54) is 20.3 Å². The summed E-state index contributed by atoms with van der Waals surface area (Å²) in [5, 5.41) is 12.1. The topological polar surface area (TPSA) is 67.8 Å². The van der Waals surface area contributed by atoms with Gasteiger partial charge in [0.15, 0.2) is 5.82 Å². The summed E-state index contributed by atoms with van der Waals surface area (Å²) >= 11 is 5.67. The molecular weight excluding hydrogens is 289 g/mol. The summed E-state index contributed by atoms with van der Waals surface area (Å²) < 4.78 is 23.8. The van der Waals surface area contributed by atoms with Crippen LogP contribution < -0.4 is 10.1 Å². The lowest BCUT2D eigenvalue weighted by Crippen LogP contribution is -2.39. The Kier molecular flexibility index (Phi) is 4.06. The Balaban J connectivity index is 2.22. The van der Waals surface area contributed by atoms with Crippen molar-refractivity contribution in [3.8, 4) is 11.5 Å². The van der Waals surface area contributed by atoms with Gasteiger partial charge in [0.25, 0.3) is 0 Å². The van der Waals surface area contributed by atoms with E-state index in [1.807, 2.05) is 0 Å². The third-order valence-corrected chi connectivity index (χ3v) is 3.76. The predicted octanol–water partition coefficient (Wildman–Crippen LogP) is 1.99. The van der Waals surface area contributed by atoms with Gasteiger partial charge < -0.3 is 14.6 Å². The molecule has 0 heterocycles. The maximum atomic E-state index is 14.1. The smallest absolute Gasteiger partial charge is 0.326 e. The van der Waals surface area contributed by atoms with Gasteiger partial charge in [-0.15, -0.1) is 0 Å². The molecule has 0 radical (unpaired) electrons. The molecule has 1 aromatic carbocycles. The number of halogens is 2. The molecule has 0 unspecified atom stereocenters. The van der Waals surface area contributed by atoms with Crippen molar-refractivity contribution < 1.29 is 23.8 Å². The molecule has 0 spiro atoms. The summed E-state index contributed by atoms with van der Waals surface area (Å²) in [5.41, 5.74) is -0.596. The Labute approximate surface area is 120 Å². The van der Waals surface area contributed by atoms with Crippen molar-refractivity contribution in [1.29, 1.82) is 0 Å². The minimum Gasteiger partial charge on any atom is -0.506 e. The Morgan fingerprint density at radius 2 is 2.20 bits per heavy atom. The highest BCUT2D eigenvalue weighted by atomic mass is 35.5. The first kappa shape index (κ1) is 14.9. The molecular formula is C13H15ClFNO4. The van der Waals surface area contributed by atoms with E-state index < -0.39 is 11.4 Å². The molecule has 1 fully saturated rings. The molecule has 1 aromatic rings. The zero-order chi connectivity index (χ0) is 14.9. The minimum atomic E-state index is -0.767. The quantitative estimate of drug-likeness (QED) is 0.814. The second kappa shape index (κ2) is 5.46. The highest BCUT2D eigenvalue weighted by Gasteiger charge is 2.50. The first-order chi connectivity index (χ1) is 9.45. The molecule has 0 atom stereocenters. The van der Waals surface area contributed by atoms with Crippen molar-refractivity contribution in [3.63, 3.8) is 0 Å². The molecule has 0 aliphatic heterocycles. The molecule has 0 bridgehead atoms. The number of benzene rings is 1. The largest absolute Gasteiger partial charge is 0.506 e. The zero-order valence-corrected chi connectivity index (χ0v) is 11.9. The third-order valence-electron chi connectivity index (χ3n) is 3.40. The van der Waals surface area contributed by atoms with Crippen LogP contribution in [0.25, 0.3) is 0 Å². The van der Waals surface area contributed by atoms with Gasteiger partial charge in [-0.3, -0.25) is 10.1 Å². The van der Waals surface area contributed by atoms with Crippen molar-refractivity contribution in [2.75, 3.05) is 14.2 Å². The second-order valence-corrected chi connectivity index (χ2v) is 5.01. The lowest BCUT2D eigenvalue weighted by Gasteiger charge is -2.17. The number of phenols is 1. The van der Waals surface area contributed by atoms with E-state index in [2.05, 4.69) is 5.32 Å². The summed E-state index contributed by atoms with van der Waals surface area (Å²) in [4.78, 5) is 11.6. The molecule has 20 heavy (non-hydrogen) atoms. The van der Waals surface area contributed by atoms with E-state index in [4.69, 9.17) is 21.1 Å². The van der Waals surface area contributed by atoms with Gasteiger partial charge in [-0.2, -0.15) is 0 Å². The summed E-state index contributed by atoms with van der Waals surface area (Å²) in [6.07, 6.45) is 1.27. The zero-order valence-electron chi connectivity index (χ0n) is 11.1. The minimum absolute atomic E-state index is 0.0457. The van der Waals surface area contributed by atoms with Crippen LogP contribution in [0, 0.1) is 5.82 Å². The molecule has 7 heteroatoms.